The van der Waals surface area contributed by atoms with Gasteiger partial charge in [0.2, 0.25) is 0 Å². The Labute approximate surface area is 304 Å². The van der Waals surface area contributed by atoms with Crippen LogP contribution in [0, 0.1) is 0 Å². The van der Waals surface area contributed by atoms with Gasteiger partial charge in [-0.2, -0.15) is 0 Å². The van der Waals surface area contributed by atoms with Crippen LogP contribution in [-0.4, -0.2) is 8.07 Å². The van der Waals surface area contributed by atoms with Crippen molar-refractivity contribution in [3.05, 3.63) is 228 Å². The third-order valence-electron chi connectivity index (χ3n) is 11.8. The maximum atomic E-state index is 6.45. The summed E-state index contributed by atoms with van der Waals surface area (Å²) in [4.78, 5) is 0. The normalized spacial score (nSPS) is 15.7. The first-order valence-electron chi connectivity index (χ1n) is 18.3. The fraction of sp³-hybridized carbons (Fsp3) is 0.0400. The van der Waals surface area contributed by atoms with Crippen LogP contribution in [0.2, 0.25) is 0 Å². The summed E-state index contributed by atoms with van der Waals surface area (Å²) in [5.74, 6) is 0.225. The van der Waals surface area contributed by atoms with Crippen LogP contribution in [0.4, 0.5) is 0 Å². The van der Waals surface area contributed by atoms with Crippen LogP contribution in [0.1, 0.15) is 45.2 Å². The van der Waals surface area contributed by atoms with Crippen molar-refractivity contribution < 1.29 is 4.42 Å². The summed E-state index contributed by atoms with van der Waals surface area (Å²) in [5, 5.41) is 8.01. The quantitative estimate of drug-likeness (QED) is 0.131. The van der Waals surface area contributed by atoms with E-state index in [0.29, 0.717) is 0 Å². The molecule has 0 spiro atoms. The lowest BCUT2D eigenvalue weighted by molar-refractivity contribution is 0.669. The highest BCUT2D eigenvalue weighted by molar-refractivity contribution is 7.20. The van der Waals surface area contributed by atoms with Crippen molar-refractivity contribution in [1.82, 2.24) is 0 Å². The minimum atomic E-state index is -2.83. The van der Waals surface area contributed by atoms with Gasteiger partial charge in [-0.05, 0) is 83.5 Å². The molecule has 0 fully saturated rings. The summed E-state index contributed by atoms with van der Waals surface area (Å²) < 4.78 is 6.45. The lowest BCUT2D eigenvalue weighted by atomic mass is 9.60. The predicted octanol–water partition coefficient (Wildman–Crippen LogP) is 9.62. The molecule has 2 atom stereocenters. The average molecular weight is 679 g/mol. The second kappa shape index (κ2) is 11.4. The molecule has 0 amide bonds. The smallest absolute Gasteiger partial charge is 0.179 e. The minimum Gasteiger partial charge on any atom is -0.456 e. The van der Waals surface area contributed by atoms with Gasteiger partial charge in [0.1, 0.15) is 11.2 Å². The highest BCUT2D eigenvalue weighted by Gasteiger charge is 2.49. The monoisotopic (exact) mass is 678 g/mol. The van der Waals surface area contributed by atoms with Gasteiger partial charge in [0.05, 0.1) is 0 Å². The fourth-order valence-corrected chi connectivity index (χ4v) is 14.9. The van der Waals surface area contributed by atoms with Gasteiger partial charge in [-0.15, -0.1) is 0 Å². The molecular weight excluding hydrogens is 645 g/mol. The van der Waals surface area contributed by atoms with Gasteiger partial charge in [-0.25, -0.2) is 0 Å². The first-order chi connectivity index (χ1) is 25.8. The molecule has 2 heteroatoms. The van der Waals surface area contributed by atoms with E-state index in [9.17, 15) is 0 Å². The molecule has 8 aromatic carbocycles. The molecule has 1 aromatic heterocycles. The van der Waals surface area contributed by atoms with Crippen molar-refractivity contribution in [2.45, 2.75) is 11.8 Å². The van der Waals surface area contributed by atoms with Gasteiger partial charge in [0.25, 0.3) is 0 Å². The Morgan fingerprint density at radius 1 is 0.365 bits per heavy atom. The zero-order valence-electron chi connectivity index (χ0n) is 28.5. The molecule has 244 valence electrons. The molecule has 3 aliphatic rings. The Hall–Kier alpha value is -6.22. The van der Waals surface area contributed by atoms with E-state index in [1.165, 1.54) is 65.3 Å². The molecule has 3 aliphatic carbocycles. The standard InChI is InChI=1S/C50H34OSi/c1-4-16-34(17-5-1)52(35-18-6-2-7-19-35,36-20-8-3-9-21-36)46-29-15-27-43-47-40-23-10-11-24-41(40)50(49(43)46)48-37(25-14-26-42(47)48)33-30-31-39-38-22-12-13-28-44(38)51-45(39)32-33/h1-32,47,50H. The largest absolute Gasteiger partial charge is 0.456 e. The summed E-state index contributed by atoms with van der Waals surface area (Å²) in [6.07, 6.45) is 0. The Morgan fingerprint density at radius 3 is 1.56 bits per heavy atom. The summed E-state index contributed by atoms with van der Waals surface area (Å²) in [5.41, 5.74) is 13.0. The summed E-state index contributed by atoms with van der Waals surface area (Å²) in [6.45, 7) is 0. The van der Waals surface area contributed by atoms with Crippen molar-refractivity contribution in [1.29, 1.82) is 0 Å². The molecule has 2 bridgehead atoms. The van der Waals surface area contributed by atoms with E-state index in [4.69, 9.17) is 4.42 Å². The first-order valence-corrected chi connectivity index (χ1v) is 20.3. The van der Waals surface area contributed by atoms with E-state index in [0.717, 1.165) is 21.9 Å². The van der Waals surface area contributed by atoms with Gasteiger partial charge in [-0.1, -0.05) is 176 Å². The number of para-hydroxylation sites is 1. The van der Waals surface area contributed by atoms with Crippen molar-refractivity contribution >= 4 is 50.8 Å². The van der Waals surface area contributed by atoms with Crippen LogP contribution in [0.15, 0.2) is 199 Å². The SMILES string of the molecule is c1ccc([Si](c2ccccc2)(c2ccccc2)c2cccc3c2C2c4ccccc4C3c3cccc(-c4ccc5c(c4)oc4ccccc45)c32)cc1. The molecule has 12 rings (SSSR count). The van der Waals surface area contributed by atoms with Crippen molar-refractivity contribution in [3.63, 3.8) is 0 Å². The Balaban J connectivity index is 1.23. The molecule has 1 heterocycles. The maximum absolute atomic E-state index is 6.45. The van der Waals surface area contributed by atoms with Crippen LogP contribution >= 0.6 is 0 Å². The van der Waals surface area contributed by atoms with Crippen LogP contribution < -0.4 is 20.7 Å². The Morgan fingerprint density at radius 2 is 0.885 bits per heavy atom. The summed E-state index contributed by atoms with van der Waals surface area (Å²) in [6, 6.07) is 72.7. The van der Waals surface area contributed by atoms with Crippen LogP contribution in [0.25, 0.3) is 33.1 Å². The van der Waals surface area contributed by atoms with Gasteiger partial charge < -0.3 is 4.42 Å². The highest BCUT2D eigenvalue weighted by Crippen LogP contribution is 2.57. The van der Waals surface area contributed by atoms with Crippen LogP contribution in [-0.2, 0) is 0 Å². The number of hydrogen-bond acceptors (Lipinski definition) is 1. The summed E-state index contributed by atoms with van der Waals surface area (Å²) in [7, 11) is -2.83. The molecule has 52 heavy (non-hydrogen) atoms. The van der Waals surface area contributed by atoms with E-state index < -0.39 is 8.07 Å². The number of benzene rings is 8. The highest BCUT2D eigenvalue weighted by atomic mass is 28.3. The van der Waals surface area contributed by atoms with E-state index in [2.05, 4.69) is 188 Å². The number of rotatable bonds is 5. The molecule has 0 saturated heterocycles. The molecule has 1 nitrogen and oxygen atoms in total. The van der Waals surface area contributed by atoms with Gasteiger partial charge in [0.15, 0.2) is 8.07 Å². The zero-order chi connectivity index (χ0) is 34.2. The molecule has 0 radical (unpaired) electrons. The van der Waals surface area contributed by atoms with Crippen LogP contribution in [0.5, 0.6) is 0 Å². The predicted molar refractivity (Wildman–Crippen MR) is 218 cm³/mol. The van der Waals surface area contributed by atoms with Gasteiger partial charge in [0, 0.05) is 22.6 Å². The lowest BCUT2D eigenvalue weighted by Gasteiger charge is -2.47. The molecule has 0 N–H and O–H groups in total. The van der Waals surface area contributed by atoms with E-state index in [1.807, 2.05) is 6.07 Å². The number of hydrogen-bond donors (Lipinski definition) is 0. The molecule has 0 aliphatic heterocycles. The third-order valence-corrected chi connectivity index (χ3v) is 16.7. The van der Waals surface area contributed by atoms with E-state index in [1.54, 1.807) is 0 Å². The second-order valence-corrected chi connectivity index (χ2v) is 18.0. The van der Waals surface area contributed by atoms with Crippen LogP contribution in [0.3, 0.4) is 0 Å². The van der Waals surface area contributed by atoms with Crippen molar-refractivity contribution in [3.8, 4) is 11.1 Å². The van der Waals surface area contributed by atoms with E-state index in [-0.39, 0.29) is 11.8 Å². The number of fused-ring (bicyclic) bond motifs is 3. The third kappa shape index (κ3) is 4.04. The molecule has 2 unspecified atom stereocenters. The molecule has 0 saturated carbocycles. The van der Waals surface area contributed by atoms with Gasteiger partial charge >= 0.3 is 0 Å². The summed E-state index contributed by atoms with van der Waals surface area (Å²) >= 11 is 0. The van der Waals surface area contributed by atoms with E-state index >= 15 is 0 Å². The minimum absolute atomic E-state index is 0.0768. The first kappa shape index (κ1) is 29.5. The maximum Gasteiger partial charge on any atom is 0.179 e. The zero-order valence-corrected chi connectivity index (χ0v) is 29.5. The fourth-order valence-electron chi connectivity index (χ4n) is 9.81. The van der Waals surface area contributed by atoms with Crippen molar-refractivity contribution in [2.24, 2.45) is 0 Å². The molecule has 9 aromatic rings. The van der Waals surface area contributed by atoms with Gasteiger partial charge in [-0.3, -0.25) is 0 Å². The lowest BCUT2D eigenvalue weighted by Crippen LogP contribution is -2.75. The average Bonchev–Trinajstić information content (AvgIpc) is 3.60. The topological polar surface area (TPSA) is 13.1 Å². The number of furan rings is 1. The second-order valence-electron chi connectivity index (χ2n) is 14.3. The molecular formula is C50H34OSi. The Bertz CT molecular complexity index is 2700. The van der Waals surface area contributed by atoms with Crippen molar-refractivity contribution in [2.75, 3.05) is 0 Å². The Kier molecular flexibility index (Phi) is 6.47.